The van der Waals surface area contributed by atoms with Gasteiger partial charge in [-0.2, -0.15) is 0 Å². The van der Waals surface area contributed by atoms with Crippen molar-refractivity contribution in [2.45, 2.75) is 26.3 Å². The zero-order valence-corrected chi connectivity index (χ0v) is 10.7. The Bertz CT molecular complexity index is 320. The Kier molecular flexibility index (Phi) is 5.89. The van der Waals surface area contributed by atoms with Crippen molar-refractivity contribution in [2.75, 3.05) is 11.9 Å². The molecule has 0 fully saturated rings. The largest absolute Gasteiger partial charge is 0.376 e. The second-order valence-electron chi connectivity index (χ2n) is 4.52. The molecule has 0 aliphatic heterocycles. The van der Waals surface area contributed by atoms with Gasteiger partial charge in [0.05, 0.1) is 6.54 Å². The van der Waals surface area contributed by atoms with Crippen molar-refractivity contribution < 1.29 is 4.79 Å². The van der Waals surface area contributed by atoms with Gasteiger partial charge in [0, 0.05) is 11.2 Å². The lowest BCUT2D eigenvalue weighted by molar-refractivity contribution is -0.120. The van der Waals surface area contributed by atoms with Crippen LogP contribution in [0.3, 0.4) is 0 Å². The van der Waals surface area contributed by atoms with Crippen LogP contribution in [0.1, 0.15) is 20.8 Å². The molecule has 0 radical (unpaired) electrons. The van der Waals surface area contributed by atoms with Gasteiger partial charge in [0.25, 0.3) is 0 Å². The molecule has 1 aromatic rings. The summed E-state index contributed by atoms with van der Waals surface area (Å²) in [6.07, 6.45) is 0. The highest BCUT2D eigenvalue weighted by Gasteiger charge is 2.12. The van der Waals surface area contributed by atoms with Gasteiger partial charge in [-0.05, 0) is 32.9 Å². The Labute approximate surface area is 103 Å². The van der Waals surface area contributed by atoms with Crippen LogP contribution in [-0.2, 0) is 4.79 Å². The molecule has 4 heteroatoms. The number of para-hydroxylation sites is 1. The molecule has 0 unspecified atom stereocenters. The molecule has 0 heterocycles. The van der Waals surface area contributed by atoms with E-state index in [-0.39, 0.29) is 23.9 Å². The predicted octanol–water partition coefficient (Wildman–Crippen LogP) is 2.44. The van der Waals surface area contributed by atoms with Crippen molar-refractivity contribution in [3.8, 4) is 0 Å². The molecule has 1 rings (SSSR count). The first-order chi connectivity index (χ1) is 6.97. The lowest BCUT2D eigenvalue weighted by atomic mass is 10.1. The highest BCUT2D eigenvalue weighted by Crippen LogP contribution is 2.04. The van der Waals surface area contributed by atoms with Gasteiger partial charge in [-0.25, -0.2) is 0 Å². The normalized spacial score (nSPS) is 10.2. The molecule has 0 atom stereocenters. The number of carbonyl (C=O) groups excluding carboxylic acids is 1. The van der Waals surface area contributed by atoms with Gasteiger partial charge in [-0.15, -0.1) is 12.4 Å². The molecule has 1 aromatic carbocycles. The maximum Gasteiger partial charge on any atom is 0.239 e. The number of carbonyl (C=O) groups is 1. The van der Waals surface area contributed by atoms with Crippen molar-refractivity contribution in [3.63, 3.8) is 0 Å². The minimum Gasteiger partial charge on any atom is -0.376 e. The van der Waals surface area contributed by atoms with Crippen LogP contribution >= 0.6 is 12.4 Å². The van der Waals surface area contributed by atoms with Gasteiger partial charge >= 0.3 is 0 Å². The Balaban J connectivity index is 0.00000225. The molecule has 90 valence electrons. The molecule has 0 aliphatic rings. The Morgan fingerprint density at radius 3 is 2.25 bits per heavy atom. The fourth-order valence-corrected chi connectivity index (χ4v) is 1.20. The topological polar surface area (TPSA) is 41.1 Å². The number of amides is 1. The van der Waals surface area contributed by atoms with E-state index in [0.717, 1.165) is 5.69 Å². The molecule has 0 saturated heterocycles. The van der Waals surface area contributed by atoms with E-state index in [9.17, 15) is 4.79 Å². The second kappa shape index (κ2) is 6.38. The number of hydrogen-bond acceptors (Lipinski definition) is 2. The summed E-state index contributed by atoms with van der Waals surface area (Å²) < 4.78 is 0. The van der Waals surface area contributed by atoms with Gasteiger partial charge in [0.2, 0.25) is 5.91 Å². The summed E-state index contributed by atoms with van der Waals surface area (Å²) >= 11 is 0. The third-order valence-corrected chi connectivity index (χ3v) is 1.74. The fourth-order valence-electron chi connectivity index (χ4n) is 1.20. The van der Waals surface area contributed by atoms with Crippen LogP contribution < -0.4 is 10.6 Å². The second-order valence-corrected chi connectivity index (χ2v) is 4.52. The maximum absolute atomic E-state index is 11.5. The third-order valence-electron chi connectivity index (χ3n) is 1.74. The summed E-state index contributed by atoms with van der Waals surface area (Å²) in [5.74, 6) is 0.00588. The average Bonchev–Trinajstić information content (AvgIpc) is 2.14. The van der Waals surface area contributed by atoms with Crippen molar-refractivity contribution in [2.24, 2.45) is 0 Å². The average molecular weight is 243 g/mol. The lowest BCUT2D eigenvalue weighted by Gasteiger charge is -2.20. The summed E-state index contributed by atoms with van der Waals surface area (Å²) in [7, 11) is 0. The quantitative estimate of drug-likeness (QED) is 0.855. The molecule has 1 amide bonds. The summed E-state index contributed by atoms with van der Waals surface area (Å²) in [4.78, 5) is 11.5. The molecule has 0 aliphatic carbocycles. The van der Waals surface area contributed by atoms with E-state index in [1.54, 1.807) is 0 Å². The molecule has 3 nitrogen and oxygen atoms in total. The molecule has 2 N–H and O–H groups in total. The number of hydrogen-bond donors (Lipinski definition) is 2. The first kappa shape index (κ1) is 14.8. The van der Waals surface area contributed by atoms with Gasteiger partial charge in [0.15, 0.2) is 0 Å². The maximum atomic E-state index is 11.5. The molecule has 16 heavy (non-hydrogen) atoms. The standard InChI is InChI=1S/C12H18N2O.ClH/c1-12(2,3)14-11(15)9-13-10-7-5-4-6-8-10;/h4-8,13H,9H2,1-3H3,(H,14,15);1H. The number of anilines is 1. The Hall–Kier alpha value is -1.22. The minimum absolute atomic E-state index is 0. The molecule has 0 aromatic heterocycles. The summed E-state index contributed by atoms with van der Waals surface area (Å²) in [6.45, 7) is 6.20. The predicted molar refractivity (Wildman–Crippen MR) is 70.1 cm³/mol. The van der Waals surface area contributed by atoms with E-state index in [1.165, 1.54) is 0 Å². The molecular formula is C12H19ClN2O. The van der Waals surface area contributed by atoms with Crippen molar-refractivity contribution >= 4 is 24.0 Å². The van der Waals surface area contributed by atoms with Crippen LogP contribution in [-0.4, -0.2) is 18.0 Å². The molecular weight excluding hydrogens is 224 g/mol. The van der Waals surface area contributed by atoms with Crippen LogP contribution in [0.2, 0.25) is 0 Å². The van der Waals surface area contributed by atoms with Gasteiger partial charge in [0.1, 0.15) is 0 Å². The first-order valence-electron chi connectivity index (χ1n) is 5.07. The van der Waals surface area contributed by atoms with Crippen molar-refractivity contribution in [1.82, 2.24) is 5.32 Å². The summed E-state index contributed by atoms with van der Waals surface area (Å²) in [5, 5.41) is 5.94. The number of nitrogens with one attached hydrogen (secondary N) is 2. The van der Waals surface area contributed by atoms with Gasteiger partial charge < -0.3 is 10.6 Å². The lowest BCUT2D eigenvalue weighted by Crippen LogP contribution is -2.43. The zero-order chi connectivity index (χ0) is 11.3. The Morgan fingerprint density at radius 2 is 1.75 bits per heavy atom. The number of rotatable bonds is 3. The van der Waals surface area contributed by atoms with E-state index in [0.29, 0.717) is 6.54 Å². The van der Waals surface area contributed by atoms with E-state index < -0.39 is 0 Å². The first-order valence-corrected chi connectivity index (χ1v) is 5.07. The van der Waals surface area contributed by atoms with Crippen LogP contribution in [0, 0.1) is 0 Å². The SMILES string of the molecule is CC(C)(C)NC(=O)CNc1ccccc1.Cl. The van der Waals surface area contributed by atoms with Gasteiger partial charge in [-0.1, -0.05) is 18.2 Å². The number of benzene rings is 1. The van der Waals surface area contributed by atoms with E-state index in [2.05, 4.69) is 10.6 Å². The van der Waals surface area contributed by atoms with Gasteiger partial charge in [-0.3, -0.25) is 4.79 Å². The minimum atomic E-state index is -0.171. The van der Waals surface area contributed by atoms with Crippen LogP contribution in [0.15, 0.2) is 30.3 Å². The van der Waals surface area contributed by atoms with E-state index in [4.69, 9.17) is 0 Å². The smallest absolute Gasteiger partial charge is 0.239 e. The molecule has 0 saturated carbocycles. The van der Waals surface area contributed by atoms with Crippen molar-refractivity contribution in [3.05, 3.63) is 30.3 Å². The van der Waals surface area contributed by atoms with E-state index >= 15 is 0 Å². The summed E-state index contributed by atoms with van der Waals surface area (Å²) in [6, 6.07) is 9.68. The third kappa shape index (κ3) is 6.30. The molecule has 0 spiro atoms. The van der Waals surface area contributed by atoms with Crippen LogP contribution in [0.4, 0.5) is 5.69 Å². The van der Waals surface area contributed by atoms with Crippen LogP contribution in [0.25, 0.3) is 0 Å². The van der Waals surface area contributed by atoms with Crippen molar-refractivity contribution in [1.29, 1.82) is 0 Å². The van der Waals surface area contributed by atoms with Crippen LogP contribution in [0.5, 0.6) is 0 Å². The Morgan fingerprint density at radius 1 is 1.19 bits per heavy atom. The highest BCUT2D eigenvalue weighted by atomic mass is 35.5. The number of halogens is 1. The zero-order valence-electron chi connectivity index (χ0n) is 9.91. The summed E-state index contributed by atoms with van der Waals surface area (Å²) in [5.41, 5.74) is 0.789. The highest BCUT2D eigenvalue weighted by molar-refractivity contribution is 5.85. The van der Waals surface area contributed by atoms with E-state index in [1.807, 2.05) is 51.1 Å². The molecule has 0 bridgehead atoms. The fraction of sp³-hybridized carbons (Fsp3) is 0.417. The monoisotopic (exact) mass is 242 g/mol.